The van der Waals surface area contributed by atoms with E-state index in [0.29, 0.717) is 0 Å². The topological polar surface area (TPSA) is 323 Å². The van der Waals surface area contributed by atoms with Crippen LogP contribution >= 0.6 is 0 Å². The van der Waals surface area contributed by atoms with Crippen molar-refractivity contribution in [1.29, 1.82) is 0 Å². The molecule has 0 aliphatic carbocycles. The predicted octanol–water partition coefficient (Wildman–Crippen LogP) is 3.01. The molecule has 4 N–H and O–H groups in total. The van der Waals surface area contributed by atoms with Crippen LogP contribution in [0.1, 0.15) is 0 Å². The van der Waals surface area contributed by atoms with Crippen molar-refractivity contribution in [2.24, 2.45) is 0 Å². The van der Waals surface area contributed by atoms with Gasteiger partial charge < -0.3 is 15.0 Å². The van der Waals surface area contributed by atoms with E-state index in [4.69, 9.17) is 0 Å². The summed E-state index contributed by atoms with van der Waals surface area (Å²) in [5, 5.41) is 0.0507. The third-order valence-electron chi connectivity index (χ3n) is 8.77. The Hall–Kier alpha value is -5.60. The smallest absolute Gasteiger partial charge is 0.523 e. The Morgan fingerprint density at radius 1 is 0.439 bits per heavy atom. The monoisotopic (exact) mass is 895 g/mol. The fraction of sp³-hybridized carbons (Fsp3) is 0. The molecule has 5 heterocycles. The first-order chi connectivity index (χ1) is 26.3. The van der Waals surface area contributed by atoms with Crippen LogP contribution in [0.3, 0.4) is 0 Å². The van der Waals surface area contributed by atoms with E-state index in [-0.39, 0.29) is 90.0 Å². The van der Waals surface area contributed by atoms with Gasteiger partial charge in [-0.3, -0.25) is 18.2 Å². The number of fused-ring (bicyclic) bond motifs is 20. The number of nitrogens with zero attached hydrogens (tertiary/aromatic N) is 8. The van der Waals surface area contributed by atoms with E-state index in [1.807, 2.05) is 0 Å². The van der Waals surface area contributed by atoms with Crippen molar-refractivity contribution in [3.63, 3.8) is 0 Å². The Bertz CT molecular complexity index is 3500. The Balaban J connectivity index is 0.00000455. The van der Waals surface area contributed by atoms with Crippen molar-refractivity contribution < 1.29 is 69.0 Å². The molecule has 3 aliphatic heterocycles. The maximum Gasteiger partial charge on any atom is 2.00 e. The van der Waals surface area contributed by atoms with Gasteiger partial charge in [0.05, 0.1) is 16.0 Å². The second-order valence-electron chi connectivity index (χ2n) is 12.1. The number of aromatic nitrogens is 8. The Labute approximate surface area is 330 Å². The zero-order chi connectivity index (χ0) is 39.7. The average molecular weight is 896 g/mol. The van der Waals surface area contributed by atoms with Crippen molar-refractivity contribution in [1.82, 2.24) is 39.9 Å². The number of rotatable bonds is 4. The summed E-state index contributed by atoms with van der Waals surface area (Å²) in [6, 6.07) is 14.4. The second-order valence-corrected chi connectivity index (χ2v) is 17.7. The quantitative estimate of drug-likeness (QED) is 0.146. The third kappa shape index (κ3) is 6.25. The van der Waals surface area contributed by atoms with Crippen LogP contribution in [0.25, 0.3) is 90.4 Å². The van der Waals surface area contributed by atoms with Crippen molar-refractivity contribution in [2.75, 3.05) is 0 Å². The van der Waals surface area contributed by atoms with Gasteiger partial charge in [0.25, 0.3) is 40.5 Å². The SMILES string of the molecule is O=S(=O)(O)c1ccc2c3nc4nc(nc5nc(nc6nc([n-]c([n-]3)c2c1)-c1cccc(S(=O)(=O)O)c1-6)-c1cccc(S(=O)(=O)O)c1-5)-c1cccc(S(=O)(=O)O)c1-4.[Cu+2]. The van der Waals surface area contributed by atoms with Gasteiger partial charge in [0.2, 0.25) is 0 Å². The molecule has 57 heavy (non-hydrogen) atoms. The van der Waals surface area contributed by atoms with Gasteiger partial charge >= 0.3 is 17.1 Å². The number of hydrogen-bond donors (Lipinski definition) is 4. The fourth-order valence-corrected chi connectivity index (χ4v) is 9.13. The van der Waals surface area contributed by atoms with Gasteiger partial charge in [0.1, 0.15) is 14.7 Å². The first-order valence-corrected chi connectivity index (χ1v) is 21.2. The minimum Gasteiger partial charge on any atom is -0.523 e. The molecule has 9 rings (SSSR count). The Morgan fingerprint density at radius 2 is 0.877 bits per heavy atom. The summed E-state index contributed by atoms with van der Waals surface area (Å²) in [5.41, 5.74) is -1.43. The largest absolute Gasteiger partial charge is 2.00 e. The summed E-state index contributed by atoms with van der Waals surface area (Å²) in [6.45, 7) is 0. The zero-order valence-electron chi connectivity index (χ0n) is 27.5. The predicted molar refractivity (Wildman–Crippen MR) is 191 cm³/mol. The van der Waals surface area contributed by atoms with Crippen LogP contribution in [-0.2, 0) is 57.5 Å². The van der Waals surface area contributed by atoms with E-state index < -0.39 is 77.5 Å². The minimum atomic E-state index is -4.98. The van der Waals surface area contributed by atoms with E-state index in [1.54, 1.807) is 0 Å². The summed E-state index contributed by atoms with van der Waals surface area (Å²) >= 11 is 0. The molecule has 4 aromatic carbocycles. The molecule has 1 radical (unpaired) electrons. The van der Waals surface area contributed by atoms with E-state index in [2.05, 4.69) is 39.9 Å². The molecule has 0 fully saturated rings. The van der Waals surface area contributed by atoms with E-state index in [0.717, 1.165) is 30.3 Å². The molecule has 0 saturated heterocycles. The molecule has 0 amide bonds. The molecule has 0 spiro atoms. The minimum absolute atomic E-state index is 0. The molecule has 20 nitrogen and oxygen atoms in total. The maximum atomic E-state index is 12.7. The summed E-state index contributed by atoms with van der Waals surface area (Å²) in [4.78, 5) is 33.0. The van der Waals surface area contributed by atoms with Crippen molar-refractivity contribution >= 4 is 62.5 Å². The van der Waals surface area contributed by atoms with Gasteiger partial charge in [-0.2, -0.15) is 33.7 Å². The molecule has 2 aromatic heterocycles. The summed E-state index contributed by atoms with van der Waals surface area (Å²) < 4.78 is 141. The van der Waals surface area contributed by atoms with Crippen LogP contribution in [0.15, 0.2) is 92.4 Å². The van der Waals surface area contributed by atoms with Crippen LogP contribution in [0, 0.1) is 0 Å². The number of benzene rings is 4. The standard InChI is InChI=1S/C32H16N8O12S4.Cu/c41-53(42,43)13-10-11-14-18(12-13)29-33-25(14)35-30-23-16(5-2-8-20(23)55(47,48)49)27(37-30)39-32-24-17(6-3-9-21(24)56(50,51)52)28(40-32)38-31-22-15(26(34-29)36-31)4-1-7-19(22)54(44,45)46;/h1-12H,(H4-2,33,34,35,36,37,38,39,40,41,42,43,44,45,46,47,48,49,50,51,52);/q-2;+2. The fourth-order valence-electron chi connectivity index (χ4n) is 6.49. The molecule has 0 unspecified atom stereocenters. The van der Waals surface area contributed by atoms with Gasteiger partial charge in [-0.1, -0.05) is 42.5 Å². The molecular weight excluding hydrogens is 880 g/mol. The molecule has 8 bridgehead atoms. The first-order valence-electron chi connectivity index (χ1n) is 15.4. The third-order valence-corrected chi connectivity index (χ3v) is 12.3. The van der Waals surface area contributed by atoms with Gasteiger partial charge in [-0.15, -0.1) is 11.5 Å². The van der Waals surface area contributed by atoms with Crippen molar-refractivity contribution in [3.05, 3.63) is 72.8 Å². The molecule has 25 heteroatoms. The molecule has 291 valence electrons. The van der Waals surface area contributed by atoms with E-state index in [1.165, 1.54) is 42.5 Å². The molecule has 3 aliphatic rings. The van der Waals surface area contributed by atoms with Gasteiger partial charge in [0, 0.05) is 28.2 Å². The van der Waals surface area contributed by atoms with Crippen LogP contribution in [0.5, 0.6) is 0 Å². The van der Waals surface area contributed by atoms with Crippen LogP contribution < -0.4 is 9.97 Å². The second kappa shape index (κ2) is 12.7. The van der Waals surface area contributed by atoms with Crippen LogP contribution in [0.4, 0.5) is 0 Å². The van der Waals surface area contributed by atoms with E-state index in [9.17, 15) is 51.9 Å². The molecular formula is C32H16CuN8O12S4. The Kier molecular flexibility index (Phi) is 8.53. The van der Waals surface area contributed by atoms with E-state index >= 15 is 0 Å². The normalized spacial score (nSPS) is 13.0. The summed E-state index contributed by atoms with van der Waals surface area (Å²) in [5.74, 6) is -2.12. The zero-order valence-corrected chi connectivity index (χ0v) is 31.7. The Morgan fingerprint density at radius 3 is 1.35 bits per heavy atom. The molecule has 6 aromatic rings. The van der Waals surface area contributed by atoms with Crippen molar-refractivity contribution in [3.8, 4) is 68.3 Å². The van der Waals surface area contributed by atoms with Gasteiger partial charge in [0.15, 0.2) is 23.3 Å². The maximum absolute atomic E-state index is 12.7. The molecule has 0 atom stereocenters. The average Bonchev–Trinajstić information content (AvgIpc) is 3.85. The first kappa shape index (κ1) is 38.3. The van der Waals surface area contributed by atoms with Crippen LogP contribution in [-0.4, -0.2) is 81.8 Å². The van der Waals surface area contributed by atoms with Gasteiger partial charge in [-0.25, -0.2) is 24.9 Å². The van der Waals surface area contributed by atoms with Gasteiger partial charge in [-0.05, 0) is 46.7 Å². The summed E-state index contributed by atoms with van der Waals surface area (Å²) in [7, 11) is -19.7. The van der Waals surface area contributed by atoms with Crippen LogP contribution in [0.2, 0.25) is 0 Å². The number of hydrogen-bond acceptors (Lipinski definition) is 14. The van der Waals surface area contributed by atoms with Crippen molar-refractivity contribution in [2.45, 2.75) is 19.6 Å². The summed E-state index contributed by atoms with van der Waals surface area (Å²) in [6.07, 6.45) is 0. The molecule has 0 saturated carbocycles.